The molecule has 0 bridgehead atoms. The van der Waals surface area contributed by atoms with E-state index in [2.05, 4.69) is 16.9 Å². The Labute approximate surface area is 116 Å². The lowest BCUT2D eigenvalue weighted by atomic mass is 10.1. The van der Waals surface area contributed by atoms with E-state index in [0.717, 1.165) is 34.0 Å². The number of carbonyl (C=O) groups is 1. The van der Waals surface area contributed by atoms with Crippen molar-refractivity contribution in [1.29, 1.82) is 0 Å². The number of hydrogen-bond acceptors (Lipinski definition) is 4. The van der Waals surface area contributed by atoms with Crippen LogP contribution >= 0.6 is 11.3 Å². The zero-order valence-corrected chi connectivity index (χ0v) is 11.6. The molecule has 0 radical (unpaired) electrons. The highest BCUT2D eigenvalue weighted by atomic mass is 32.1. The Morgan fingerprint density at radius 1 is 1.32 bits per heavy atom. The molecule has 0 spiro atoms. The molecule has 0 aliphatic rings. The number of rotatable bonds is 6. The lowest BCUT2D eigenvalue weighted by Crippen LogP contribution is -1.98. The Morgan fingerprint density at radius 3 is 2.68 bits per heavy atom. The molecule has 0 saturated heterocycles. The molecule has 0 fully saturated rings. The van der Waals surface area contributed by atoms with Crippen LogP contribution in [0.3, 0.4) is 0 Å². The van der Waals surface area contributed by atoms with E-state index in [1.54, 1.807) is 23.7 Å². The minimum atomic E-state index is -0.763. The molecule has 0 aliphatic carbocycles. The van der Waals surface area contributed by atoms with Gasteiger partial charge < -0.3 is 5.11 Å². The zero-order valence-electron chi connectivity index (χ0n) is 10.8. The van der Waals surface area contributed by atoms with E-state index < -0.39 is 5.97 Å². The van der Waals surface area contributed by atoms with Crippen molar-refractivity contribution in [1.82, 2.24) is 9.97 Å². The Hall–Kier alpha value is -1.75. The van der Waals surface area contributed by atoms with Gasteiger partial charge in [0.25, 0.3) is 0 Å². The third-order valence-corrected chi connectivity index (χ3v) is 3.96. The second kappa shape index (κ2) is 6.43. The predicted molar refractivity (Wildman–Crippen MR) is 75.3 cm³/mol. The van der Waals surface area contributed by atoms with Crippen molar-refractivity contribution in [3.63, 3.8) is 0 Å². The van der Waals surface area contributed by atoms with E-state index in [4.69, 9.17) is 5.11 Å². The van der Waals surface area contributed by atoms with Crippen molar-refractivity contribution in [2.24, 2.45) is 0 Å². The topological polar surface area (TPSA) is 63.1 Å². The summed E-state index contributed by atoms with van der Waals surface area (Å²) in [6.07, 6.45) is 6.12. The Bertz CT molecular complexity index is 552. The average Bonchev–Trinajstić information content (AvgIpc) is 2.81. The maximum atomic E-state index is 10.7. The van der Waals surface area contributed by atoms with E-state index >= 15 is 0 Å². The first-order chi connectivity index (χ1) is 9.20. The monoisotopic (exact) mass is 276 g/mol. The molecule has 100 valence electrons. The Morgan fingerprint density at radius 2 is 2.05 bits per heavy atom. The summed E-state index contributed by atoms with van der Waals surface area (Å²) in [5.74, 6) is -0.763. The highest BCUT2D eigenvalue weighted by Crippen LogP contribution is 2.29. The van der Waals surface area contributed by atoms with E-state index in [0.29, 0.717) is 6.42 Å². The van der Waals surface area contributed by atoms with Gasteiger partial charge in [-0.3, -0.25) is 9.78 Å². The molecule has 0 unspecified atom stereocenters. The Kier molecular flexibility index (Phi) is 4.63. The maximum absolute atomic E-state index is 10.7. The van der Waals surface area contributed by atoms with Gasteiger partial charge in [0.1, 0.15) is 5.01 Å². The molecule has 0 aromatic carbocycles. The van der Waals surface area contributed by atoms with Crippen molar-refractivity contribution in [3.05, 3.63) is 35.1 Å². The number of thiazole rings is 1. The van der Waals surface area contributed by atoms with Gasteiger partial charge in [0.05, 0.1) is 12.1 Å². The quantitative estimate of drug-likeness (QED) is 0.880. The van der Waals surface area contributed by atoms with Crippen molar-refractivity contribution in [2.75, 3.05) is 0 Å². The fourth-order valence-electron chi connectivity index (χ4n) is 1.85. The number of carboxylic acid groups (broad SMARTS) is 1. The third kappa shape index (κ3) is 3.61. The SMILES string of the molecule is CCCc1nc(-c2ccncc2)sc1CCC(=O)O. The third-order valence-electron chi connectivity index (χ3n) is 2.76. The van der Waals surface area contributed by atoms with Gasteiger partial charge in [0, 0.05) is 22.8 Å². The summed E-state index contributed by atoms with van der Waals surface area (Å²) in [6, 6.07) is 3.85. The maximum Gasteiger partial charge on any atom is 0.303 e. The first kappa shape index (κ1) is 13.7. The number of nitrogens with zero attached hydrogens (tertiary/aromatic N) is 2. The second-order valence-corrected chi connectivity index (χ2v) is 5.35. The molecule has 0 aliphatic heterocycles. The summed E-state index contributed by atoms with van der Waals surface area (Å²) in [5.41, 5.74) is 2.08. The van der Waals surface area contributed by atoms with Gasteiger partial charge in [0.2, 0.25) is 0 Å². The van der Waals surface area contributed by atoms with E-state index in [-0.39, 0.29) is 6.42 Å². The number of carboxylic acids is 1. The van der Waals surface area contributed by atoms with Gasteiger partial charge in [-0.25, -0.2) is 4.98 Å². The molecule has 1 N–H and O–H groups in total. The molecule has 0 amide bonds. The fraction of sp³-hybridized carbons (Fsp3) is 0.357. The molecular weight excluding hydrogens is 260 g/mol. The molecule has 19 heavy (non-hydrogen) atoms. The number of aryl methyl sites for hydroxylation is 2. The van der Waals surface area contributed by atoms with Crippen LogP contribution in [0.2, 0.25) is 0 Å². The normalized spacial score (nSPS) is 10.6. The minimum absolute atomic E-state index is 0.161. The highest BCUT2D eigenvalue weighted by Gasteiger charge is 2.13. The first-order valence-corrected chi connectivity index (χ1v) is 7.13. The number of aliphatic carboxylic acids is 1. The smallest absolute Gasteiger partial charge is 0.303 e. The van der Waals surface area contributed by atoms with Crippen molar-refractivity contribution < 1.29 is 9.90 Å². The van der Waals surface area contributed by atoms with E-state index in [9.17, 15) is 4.79 Å². The molecule has 2 aromatic heterocycles. The first-order valence-electron chi connectivity index (χ1n) is 6.31. The molecule has 2 heterocycles. The fourth-order valence-corrected chi connectivity index (χ4v) is 2.96. The standard InChI is InChI=1S/C14H16N2O2S/c1-2-3-11-12(4-5-13(17)18)19-14(16-11)10-6-8-15-9-7-10/h6-9H,2-5H2,1H3,(H,17,18). The van der Waals surface area contributed by atoms with Crippen LogP contribution in [0.4, 0.5) is 0 Å². The molecule has 2 aromatic rings. The van der Waals surface area contributed by atoms with Crippen LogP contribution in [0.5, 0.6) is 0 Å². The summed E-state index contributed by atoms with van der Waals surface area (Å²) >= 11 is 1.59. The molecule has 5 heteroatoms. The summed E-state index contributed by atoms with van der Waals surface area (Å²) < 4.78 is 0. The summed E-state index contributed by atoms with van der Waals surface area (Å²) in [7, 11) is 0. The van der Waals surface area contributed by atoms with Crippen LogP contribution in [0.15, 0.2) is 24.5 Å². The zero-order chi connectivity index (χ0) is 13.7. The molecule has 2 rings (SSSR count). The molecular formula is C14H16N2O2S. The van der Waals surface area contributed by atoms with Crippen LogP contribution in [-0.4, -0.2) is 21.0 Å². The highest BCUT2D eigenvalue weighted by molar-refractivity contribution is 7.15. The van der Waals surface area contributed by atoms with Crippen LogP contribution < -0.4 is 0 Å². The van der Waals surface area contributed by atoms with Gasteiger partial charge in [-0.1, -0.05) is 13.3 Å². The van der Waals surface area contributed by atoms with Gasteiger partial charge >= 0.3 is 5.97 Å². The van der Waals surface area contributed by atoms with Gasteiger partial charge in [-0.05, 0) is 25.0 Å². The van der Waals surface area contributed by atoms with Crippen molar-refractivity contribution in [2.45, 2.75) is 32.6 Å². The van der Waals surface area contributed by atoms with Crippen LogP contribution in [-0.2, 0) is 17.6 Å². The molecule has 0 atom stereocenters. The van der Waals surface area contributed by atoms with E-state index in [1.807, 2.05) is 12.1 Å². The van der Waals surface area contributed by atoms with Crippen molar-refractivity contribution >= 4 is 17.3 Å². The van der Waals surface area contributed by atoms with Crippen molar-refractivity contribution in [3.8, 4) is 10.6 Å². The summed E-state index contributed by atoms with van der Waals surface area (Å²) in [4.78, 5) is 20.4. The Balaban J connectivity index is 2.26. The number of pyridine rings is 1. The summed E-state index contributed by atoms with van der Waals surface area (Å²) in [5, 5.41) is 9.75. The lowest BCUT2D eigenvalue weighted by molar-refractivity contribution is -0.136. The average molecular weight is 276 g/mol. The predicted octanol–water partition coefficient (Wildman–Crippen LogP) is 3.17. The van der Waals surface area contributed by atoms with Crippen LogP contribution in [0, 0.1) is 0 Å². The van der Waals surface area contributed by atoms with Crippen LogP contribution in [0.25, 0.3) is 10.6 Å². The summed E-state index contributed by atoms with van der Waals surface area (Å²) in [6.45, 7) is 2.10. The second-order valence-electron chi connectivity index (χ2n) is 4.27. The molecule has 0 saturated carbocycles. The van der Waals surface area contributed by atoms with Gasteiger partial charge in [0.15, 0.2) is 0 Å². The number of aromatic nitrogens is 2. The van der Waals surface area contributed by atoms with Gasteiger partial charge in [-0.15, -0.1) is 11.3 Å². The van der Waals surface area contributed by atoms with Crippen LogP contribution in [0.1, 0.15) is 30.3 Å². The lowest BCUT2D eigenvalue weighted by Gasteiger charge is -1.97. The minimum Gasteiger partial charge on any atom is -0.481 e. The van der Waals surface area contributed by atoms with Gasteiger partial charge in [-0.2, -0.15) is 0 Å². The number of hydrogen-bond donors (Lipinski definition) is 1. The largest absolute Gasteiger partial charge is 0.481 e. The molecule has 4 nitrogen and oxygen atoms in total. The van der Waals surface area contributed by atoms with E-state index in [1.165, 1.54) is 0 Å².